The average molecular weight is 426 g/mol. The van der Waals surface area contributed by atoms with Crippen LogP contribution in [0.25, 0.3) is 0 Å². The maximum Gasteiger partial charge on any atom is 0.241 e. The van der Waals surface area contributed by atoms with E-state index in [2.05, 4.69) is 23.9 Å². The first-order valence-corrected chi connectivity index (χ1v) is 11.7. The first-order valence-electron chi connectivity index (χ1n) is 10.3. The number of amides is 2. The van der Waals surface area contributed by atoms with Crippen molar-refractivity contribution in [3.05, 3.63) is 29.3 Å². The van der Waals surface area contributed by atoms with Gasteiger partial charge in [0.1, 0.15) is 6.04 Å². The quantitative estimate of drug-likeness (QED) is 0.450. The van der Waals surface area contributed by atoms with Crippen molar-refractivity contribution in [2.75, 3.05) is 6.54 Å². The molecule has 1 aromatic carbocycles. The first-order chi connectivity index (χ1) is 13.6. The van der Waals surface area contributed by atoms with Crippen LogP contribution >= 0.6 is 0 Å². The number of hydrogen-bond acceptors (Lipinski definition) is 4. The van der Waals surface area contributed by atoms with Gasteiger partial charge in [0.2, 0.25) is 21.8 Å². The number of hydrogen-bond donors (Lipinski definition) is 3. The predicted octanol–water partition coefficient (Wildman–Crippen LogP) is 2.55. The van der Waals surface area contributed by atoms with Crippen LogP contribution in [0.2, 0.25) is 0 Å². The Hall–Kier alpha value is -1.93. The Morgan fingerprint density at radius 1 is 1.10 bits per heavy atom. The Morgan fingerprint density at radius 2 is 1.79 bits per heavy atom. The van der Waals surface area contributed by atoms with Crippen molar-refractivity contribution >= 4 is 21.8 Å². The maximum absolute atomic E-state index is 12.8. The molecule has 0 heterocycles. The molecule has 1 rings (SSSR count). The fourth-order valence-electron chi connectivity index (χ4n) is 2.98. The monoisotopic (exact) mass is 425 g/mol. The molecule has 0 aliphatic rings. The van der Waals surface area contributed by atoms with Crippen molar-refractivity contribution < 1.29 is 18.0 Å². The largest absolute Gasteiger partial charge is 0.370 e. The highest BCUT2D eigenvalue weighted by Crippen LogP contribution is 2.16. The molecule has 0 saturated carbocycles. The number of nitrogens with one attached hydrogen (secondary N) is 2. The summed E-state index contributed by atoms with van der Waals surface area (Å²) >= 11 is 0. The molecule has 29 heavy (non-hydrogen) atoms. The van der Waals surface area contributed by atoms with E-state index in [0.717, 1.165) is 36.8 Å². The lowest BCUT2D eigenvalue weighted by atomic mass is 9.99. The summed E-state index contributed by atoms with van der Waals surface area (Å²) in [5, 5.41) is 2.84. The van der Waals surface area contributed by atoms with Gasteiger partial charge in [-0.25, -0.2) is 8.42 Å². The molecule has 4 N–H and O–H groups in total. The molecular formula is C21H35N3O4S. The summed E-state index contributed by atoms with van der Waals surface area (Å²) in [5.41, 5.74) is 7.02. The topological polar surface area (TPSA) is 118 Å². The number of rotatable bonds is 13. The summed E-state index contributed by atoms with van der Waals surface area (Å²) in [5.74, 6) is -0.678. The molecule has 0 unspecified atom stereocenters. The van der Waals surface area contributed by atoms with E-state index in [-0.39, 0.29) is 17.7 Å². The Labute approximate surface area is 174 Å². The van der Waals surface area contributed by atoms with E-state index >= 15 is 0 Å². The summed E-state index contributed by atoms with van der Waals surface area (Å²) in [7, 11) is -3.91. The smallest absolute Gasteiger partial charge is 0.241 e. The van der Waals surface area contributed by atoms with Crippen LogP contribution in [0.5, 0.6) is 0 Å². The van der Waals surface area contributed by atoms with Gasteiger partial charge in [-0.3, -0.25) is 9.59 Å². The van der Waals surface area contributed by atoms with E-state index in [9.17, 15) is 18.0 Å². The normalized spacial score (nSPS) is 13.7. The summed E-state index contributed by atoms with van der Waals surface area (Å²) in [6.45, 7) is 8.39. The molecule has 0 aliphatic carbocycles. The molecule has 1 aromatic rings. The Kier molecular flexibility index (Phi) is 10.3. The van der Waals surface area contributed by atoms with Crippen LogP contribution in [0.4, 0.5) is 0 Å². The number of carbonyl (C=O) groups excluding carboxylic acids is 2. The van der Waals surface area contributed by atoms with Gasteiger partial charge in [0.05, 0.1) is 4.90 Å². The minimum absolute atomic E-state index is 0.0109. The standard InChI is InChI=1S/C21H35N3O4S/c1-5-7-8-17(6-2)14-23-21(26)19(11-12-20(22)25)24-29(27,28)18-10-9-15(3)16(4)13-18/h9-10,13,17,19,24H,5-8,11-12,14H2,1-4H3,(H2,22,25)(H,23,26)/t17-,19+/m0/s1. The zero-order chi connectivity index (χ0) is 22.0. The number of primary amides is 1. The van der Waals surface area contributed by atoms with Gasteiger partial charge in [0.25, 0.3) is 0 Å². The fraction of sp³-hybridized carbons (Fsp3) is 0.619. The minimum atomic E-state index is -3.91. The number of unbranched alkanes of at least 4 members (excludes halogenated alkanes) is 1. The van der Waals surface area contributed by atoms with Gasteiger partial charge in [-0.15, -0.1) is 0 Å². The summed E-state index contributed by atoms with van der Waals surface area (Å²) < 4.78 is 28.0. The van der Waals surface area contributed by atoms with Gasteiger partial charge >= 0.3 is 0 Å². The van der Waals surface area contributed by atoms with E-state index in [0.29, 0.717) is 12.5 Å². The Balaban J connectivity index is 2.91. The lowest BCUT2D eigenvalue weighted by molar-refractivity contribution is -0.123. The van der Waals surface area contributed by atoms with Crippen molar-refractivity contribution in [1.29, 1.82) is 0 Å². The zero-order valence-corrected chi connectivity index (χ0v) is 18.8. The molecular weight excluding hydrogens is 390 g/mol. The van der Waals surface area contributed by atoms with Crippen LogP contribution in [0, 0.1) is 19.8 Å². The number of nitrogens with two attached hydrogens (primary N) is 1. The second-order valence-electron chi connectivity index (χ2n) is 7.59. The molecule has 0 aromatic heterocycles. The van der Waals surface area contributed by atoms with Gasteiger partial charge in [-0.05, 0) is 55.9 Å². The second-order valence-corrected chi connectivity index (χ2v) is 9.30. The third kappa shape index (κ3) is 8.53. The highest BCUT2D eigenvalue weighted by atomic mass is 32.2. The van der Waals surface area contributed by atoms with Crippen LogP contribution < -0.4 is 15.8 Å². The van der Waals surface area contributed by atoms with Crippen LogP contribution in [-0.4, -0.2) is 32.8 Å². The number of benzene rings is 1. The van der Waals surface area contributed by atoms with E-state index in [1.54, 1.807) is 12.1 Å². The zero-order valence-electron chi connectivity index (χ0n) is 18.0. The minimum Gasteiger partial charge on any atom is -0.370 e. The van der Waals surface area contributed by atoms with Gasteiger partial charge in [-0.2, -0.15) is 4.72 Å². The molecule has 2 atom stereocenters. The molecule has 0 radical (unpaired) electrons. The first kappa shape index (κ1) is 25.1. The SMILES string of the molecule is CCCC[C@H](CC)CNC(=O)[C@@H](CCC(N)=O)NS(=O)(=O)c1ccc(C)c(C)c1. The van der Waals surface area contributed by atoms with Crippen molar-refractivity contribution in [3.8, 4) is 0 Å². The lowest BCUT2D eigenvalue weighted by Gasteiger charge is -2.21. The lowest BCUT2D eigenvalue weighted by Crippen LogP contribution is -2.48. The second kappa shape index (κ2) is 11.9. The third-order valence-electron chi connectivity index (χ3n) is 5.19. The summed E-state index contributed by atoms with van der Waals surface area (Å²) in [4.78, 5) is 24.0. The van der Waals surface area contributed by atoms with Gasteiger partial charge in [-0.1, -0.05) is 39.2 Å². The van der Waals surface area contributed by atoms with Gasteiger partial charge < -0.3 is 11.1 Å². The molecule has 8 heteroatoms. The van der Waals surface area contributed by atoms with E-state index in [4.69, 9.17) is 5.73 Å². The molecule has 164 valence electrons. The van der Waals surface area contributed by atoms with Crippen molar-refractivity contribution in [3.63, 3.8) is 0 Å². The van der Waals surface area contributed by atoms with Crippen LogP contribution in [0.1, 0.15) is 63.5 Å². The van der Waals surface area contributed by atoms with E-state index in [1.165, 1.54) is 6.07 Å². The molecule has 0 spiro atoms. The van der Waals surface area contributed by atoms with Crippen molar-refractivity contribution in [1.82, 2.24) is 10.0 Å². The Bertz CT molecular complexity index is 793. The molecule has 0 bridgehead atoms. The number of aryl methyl sites for hydroxylation is 2. The van der Waals surface area contributed by atoms with E-state index < -0.39 is 27.9 Å². The molecule has 0 aliphatic heterocycles. The third-order valence-corrected chi connectivity index (χ3v) is 6.66. The Morgan fingerprint density at radius 3 is 2.34 bits per heavy atom. The van der Waals surface area contributed by atoms with E-state index in [1.807, 2.05) is 13.8 Å². The van der Waals surface area contributed by atoms with Crippen LogP contribution in [0.3, 0.4) is 0 Å². The molecule has 0 saturated heterocycles. The fourth-order valence-corrected chi connectivity index (χ4v) is 4.29. The highest BCUT2D eigenvalue weighted by molar-refractivity contribution is 7.89. The van der Waals surface area contributed by atoms with Gasteiger partial charge in [0.15, 0.2) is 0 Å². The van der Waals surface area contributed by atoms with Gasteiger partial charge in [0, 0.05) is 13.0 Å². The summed E-state index contributed by atoms with van der Waals surface area (Å²) in [6, 6.07) is 3.74. The van der Waals surface area contributed by atoms with Crippen LogP contribution in [0.15, 0.2) is 23.1 Å². The van der Waals surface area contributed by atoms with Crippen molar-refractivity contribution in [2.24, 2.45) is 11.7 Å². The summed E-state index contributed by atoms with van der Waals surface area (Å²) in [6.07, 6.45) is 4.03. The maximum atomic E-state index is 12.8. The average Bonchev–Trinajstić information content (AvgIpc) is 2.66. The van der Waals surface area contributed by atoms with Crippen LogP contribution in [-0.2, 0) is 19.6 Å². The molecule has 2 amide bonds. The van der Waals surface area contributed by atoms with Crippen molar-refractivity contribution in [2.45, 2.75) is 77.2 Å². The number of carbonyl (C=O) groups is 2. The molecule has 7 nitrogen and oxygen atoms in total. The number of sulfonamides is 1. The molecule has 0 fully saturated rings. The highest BCUT2D eigenvalue weighted by Gasteiger charge is 2.26. The predicted molar refractivity (Wildman–Crippen MR) is 115 cm³/mol.